The third-order valence-corrected chi connectivity index (χ3v) is 3.45. The molecule has 1 fully saturated rings. The highest BCUT2D eigenvalue weighted by Gasteiger charge is 2.37. The summed E-state index contributed by atoms with van der Waals surface area (Å²) in [5, 5.41) is 7.49. The number of sulfonamides is 1. The summed E-state index contributed by atoms with van der Waals surface area (Å²) in [6.45, 7) is 2.64. The topological polar surface area (TPSA) is 98.5 Å². The van der Waals surface area contributed by atoms with Crippen molar-refractivity contribution < 1.29 is 17.9 Å². The van der Waals surface area contributed by atoms with E-state index < -0.39 is 15.6 Å². The summed E-state index contributed by atoms with van der Waals surface area (Å²) in [5.74, 6) is -0.301. The van der Waals surface area contributed by atoms with E-state index in [2.05, 4.69) is 5.32 Å². The van der Waals surface area contributed by atoms with Crippen molar-refractivity contribution in [1.82, 2.24) is 5.32 Å². The van der Waals surface area contributed by atoms with Crippen LogP contribution in [-0.2, 0) is 19.6 Å². The third-order valence-electron chi connectivity index (χ3n) is 2.59. The van der Waals surface area contributed by atoms with Crippen LogP contribution in [0.15, 0.2) is 0 Å². The summed E-state index contributed by atoms with van der Waals surface area (Å²) < 4.78 is 26.6. The lowest BCUT2D eigenvalue weighted by atomic mass is 10.0. The minimum atomic E-state index is -3.44. The molecular formula is C9H18N2O4S. The number of rotatable bonds is 5. The van der Waals surface area contributed by atoms with Gasteiger partial charge in [-0.05, 0) is 26.2 Å². The normalized spacial score (nSPS) is 25.6. The summed E-state index contributed by atoms with van der Waals surface area (Å²) in [4.78, 5) is 11.7. The Labute approximate surface area is 95.6 Å². The highest BCUT2D eigenvalue weighted by molar-refractivity contribution is 7.89. The molecule has 1 aliphatic rings. The maximum Gasteiger partial charge on any atom is 0.251 e. The van der Waals surface area contributed by atoms with Crippen LogP contribution in [0.4, 0.5) is 0 Å². The molecule has 1 saturated heterocycles. The Morgan fingerprint density at radius 2 is 2.25 bits per heavy atom. The summed E-state index contributed by atoms with van der Waals surface area (Å²) >= 11 is 0. The van der Waals surface area contributed by atoms with Gasteiger partial charge in [0.2, 0.25) is 10.0 Å². The molecule has 0 saturated carbocycles. The minimum Gasteiger partial charge on any atom is -0.365 e. The smallest absolute Gasteiger partial charge is 0.251 e. The van der Waals surface area contributed by atoms with Gasteiger partial charge in [0.15, 0.2) is 0 Å². The van der Waals surface area contributed by atoms with Crippen molar-refractivity contribution in [3.63, 3.8) is 0 Å². The molecule has 1 amide bonds. The first-order valence-electron chi connectivity index (χ1n) is 5.26. The zero-order valence-electron chi connectivity index (χ0n) is 9.36. The number of amides is 1. The SMILES string of the molecule is CC1(C(=O)NCCCS(N)(=O)=O)CCCO1. The molecule has 0 spiro atoms. The lowest BCUT2D eigenvalue weighted by Gasteiger charge is -2.21. The summed E-state index contributed by atoms with van der Waals surface area (Å²) in [5.41, 5.74) is -0.748. The zero-order chi connectivity index (χ0) is 12.2. The van der Waals surface area contributed by atoms with Gasteiger partial charge in [-0.15, -0.1) is 0 Å². The average molecular weight is 250 g/mol. The van der Waals surface area contributed by atoms with E-state index in [1.807, 2.05) is 0 Å². The second kappa shape index (κ2) is 5.11. The summed E-state index contributed by atoms with van der Waals surface area (Å²) in [6, 6.07) is 0. The molecule has 3 N–H and O–H groups in total. The Bertz CT molecular complexity index is 347. The molecule has 0 aromatic rings. The van der Waals surface area contributed by atoms with E-state index in [1.165, 1.54) is 0 Å². The molecule has 0 radical (unpaired) electrons. The first-order chi connectivity index (χ1) is 7.33. The van der Waals surface area contributed by atoms with Gasteiger partial charge in [0.25, 0.3) is 5.91 Å². The molecule has 0 aromatic carbocycles. The molecule has 1 atom stereocenters. The van der Waals surface area contributed by atoms with E-state index in [4.69, 9.17) is 9.88 Å². The van der Waals surface area contributed by atoms with E-state index in [1.54, 1.807) is 6.92 Å². The van der Waals surface area contributed by atoms with Crippen molar-refractivity contribution >= 4 is 15.9 Å². The number of nitrogens with two attached hydrogens (primary N) is 1. The van der Waals surface area contributed by atoms with Crippen molar-refractivity contribution in [2.24, 2.45) is 5.14 Å². The van der Waals surface area contributed by atoms with Crippen molar-refractivity contribution in [1.29, 1.82) is 0 Å². The van der Waals surface area contributed by atoms with E-state index in [9.17, 15) is 13.2 Å². The fraction of sp³-hybridized carbons (Fsp3) is 0.889. The van der Waals surface area contributed by atoms with Gasteiger partial charge in [0.05, 0.1) is 5.75 Å². The average Bonchev–Trinajstić information content (AvgIpc) is 2.59. The second-order valence-electron chi connectivity index (χ2n) is 4.16. The first-order valence-corrected chi connectivity index (χ1v) is 6.98. The Morgan fingerprint density at radius 1 is 1.56 bits per heavy atom. The first kappa shape index (κ1) is 13.4. The van der Waals surface area contributed by atoms with Gasteiger partial charge >= 0.3 is 0 Å². The highest BCUT2D eigenvalue weighted by atomic mass is 32.2. The van der Waals surface area contributed by atoms with Crippen LogP contribution in [0, 0.1) is 0 Å². The van der Waals surface area contributed by atoms with Crippen LogP contribution >= 0.6 is 0 Å². The molecule has 1 aliphatic heterocycles. The zero-order valence-corrected chi connectivity index (χ0v) is 10.2. The summed E-state index contributed by atoms with van der Waals surface area (Å²) in [7, 11) is -3.44. The number of carbonyl (C=O) groups is 1. The molecule has 1 heterocycles. The Balaban J connectivity index is 2.25. The Kier molecular flexibility index (Phi) is 4.28. The molecule has 0 aromatic heterocycles. The molecule has 7 heteroatoms. The molecule has 1 rings (SSSR count). The largest absolute Gasteiger partial charge is 0.365 e. The Morgan fingerprint density at radius 3 is 2.75 bits per heavy atom. The fourth-order valence-corrected chi connectivity index (χ4v) is 2.17. The van der Waals surface area contributed by atoms with Crippen LogP contribution in [0.2, 0.25) is 0 Å². The van der Waals surface area contributed by atoms with Gasteiger partial charge < -0.3 is 10.1 Å². The number of ether oxygens (including phenoxy) is 1. The van der Waals surface area contributed by atoms with Crippen molar-refractivity contribution in [3.05, 3.63) is 0 Å². The second-order valence-corrected chi connectivity index (χ2v) is 5.89. The molecular weight excluding hydrogens is 232 g/mol. The minimum absolute atomic E-state index is 0.120. The van der Waals surface area contributed by atoms with E-state index in [0.29, 0.717) is 26.0 Å². The molecule has 0 bridgehead atoms. The van der Waals surface area contributed by atoms with Crippen molar-refractivity contribution in [2.45, 2.75) is 31.8 Å². The monoisotopic (exact) mass is 250 g/mol. The third kappa shape index (κ3) is 4.07. The number of nitrogens with one attached hydrogen (secondary N) is 1. The van der Waals surface area contributed by atoms with Crippen LogP contribution in [0.1, 0.15) is 26.2 Å². The number of hydrogen-bond donors (Lipinski definition) is 2. The van der Waals surface area contributed by atoms with Crippen LogP contribution in [0.3, 0.4) is 0 Å². The van der Waals surface area contributed by atoms with Crippen LogP contribution < -0.4 is 10.5 Å². The number of hydrogen-bond acceptors (Lipinski definition) is 4. The van der Waals surface area contributed by atoms with Gasteiger partial charge in [-0.25, -0.2) is 13.6 Å². The number of primary sulfonamides is 1. The molecule has 94 valence electrons. The van der Waals surface area contributed by atoms with Gasteiger partial charge in [-0.3, -0.25) is 4.79 Å². The Hall–Kier alpha value is -0.660. The fourth-order valence-electron chi connectivity index (χ4n) is 1.62. The van der Waals surface area contributed by atoms with E-state index in [-0.39, 0.29) is 11.7 Å². The number of carbonyl (C=O) groups excluding carboxylic acids is 1. The molecule has 1 unspecified atom stereocenters. The van der Waals surface area contributed by atoms with E-state index in [0.717, 1.165) is 6.42 Å². The summed E-state index contributed by atoms with van der Waals surface area (Å²) in [6.07, 6.45) is 1.90. The predicted octanol–water partition coefficient (Wildman–Crippen LogP) is -0.650. The van der Waals surface area contributed by atoms with Crippen LogP contribution in [0.25, 0.3) is 0 Å². The predicted molar refractivity (Wildman–Crippen MR) is 59.2 cm³/mol. The van der Waals surface area contributed by atoms with E-state index >= 15 is 0 Å². The lowest BCUT2D eigenvalue weighted by molar-refractivity contribution is -0.139. The standard InChI is InChI=1S/C9H18N2O4S/c1-9(4-2-6-15-9)8(12)11-5-3-7-16(10,13)14/h2-7H2,1H3,(H,11,12)(H2,10,13,14). The van der Waals surface area contributed by atoms with Crippen molar-refractivity contribution in [3.8, 4) is 0 Å². The van der Waals surface area contributed by atoms with Crippen LogP contribution in [0.5, 0.6) is 0 Å². The molecule has 0 aliphatic carbocycles. The maximum absolute atomic E-state index is 11.7. The van der Waals surface area contributed by atoms with Gasteiger partial charge in [0.1, 0.15) is 5.60 Å². The highest BCUT2D eigenvalue weighted by Crippen LogP contribution is 2.24. The lowest BCUT2D eigenvalue weighted by Crippen LogP contribution is -2.44. The van der Waals surface area contributed by atoms with Crippen LogP contribution in [-0.4, -0.2) is 38.8 Å². The quantitative estimate of drug-likeness (QED) is 0.633. The van der Waals surface area contributed by atoms with Crippen molar-refractivity contribution in [2.75, 3.05) is 18.9 Å². The molecule has 16 heavy (non-hydrogen) atoms. The van der Waals surface area contributed by atoms with Gasteiger partial charge in [-0.2, -0.15) is 0 Å². The molecule has 6 nitrogen and oxygen atoms in total. The van der Waals surface area contributed by atoms with Gasteiger partial charge in [-0.1, -0.05) is 0 Å². The maximum atomic E-state index is 11.7. The van der Waals surface area contributed by atoms with Gasteiger partial charge in [0, 0.05) is 13.2 Å².